The van der Waals surface area contributed by atoms with Crippen LogP contribution in [0.25, 0.3) is 0 Å². The number of fused-ring (bicyclic) bond motifs is 1. The highest BCUT2D eigenvalue weighted by molar-refractivity contribution is 6.14. The Hall–Kier alpha value is -1.18. The zero-order valence-electron chi connectivity index (χ0n) is 6.88. The molecular formula is C10H12N2. The molecule has 0 aromatic rings. The van der Waals surface area contributed by atoms with Crippen molar-refractivity contribution in [1.29, 1.82) is 10.8 Å². The van der Waals surface area contributed by atoms with E-state index in [-0.39, 0.29) is 5.92 Å². The lowest BCUT2D eigenvalue weighted by atomic mass is 9.74. The molecule has 0 saturated carbocycles. The first-order valence-corrected chi connectivity index (χ1v) is 4.29. The maximum Gasteiger partial charge on any atom is 0.0455 e. The van der Waals surface area contributed by atoms with Gasteiger partial charge in [-0.25, -0.2) is 0 Å². The highest BCUT2D eigenvalue weighted by Gasteiger charge is 2.30. The van der Waals surface area contributed by atoms with Crippen molar-refractivity contribution in [2.45, 2.75) is 12.8 Å². The van der Waals surface area contributed by atoms with Crippen molar-refractivity contribution in [3.63, 3.8) is 0 Å². The Labute approximate surface area is 72.0 Å². The molecule has 0 spiro atoms. The summed E-state index contributed by atoms with van der Waals surface area (Å²) in [5, 5.41) is 15.4. The van der Waals surface area contributed by atoms with E-state index in [2.05, 4.69) is 12.2 Å². The fraction of sp³-hybridized carbons (Fsp3) is 0.400. The van der Waals surface area contributed by atoms with Crippen molar-refractivity contribution in [1.82, 2.24) is 0 Å². The highest BCUT2D eigenvalue weighted by atomic mass is 14.5. The second-order valence-corrected chi connectivity index (χ2v) is 3.42. The molecule has 2 N–H and O–H groups in total. The Morgan fingerprint density at radius 2 is 1.50 bits per heavy atom. The fourth-order valence-electron chi connectivity index (χ4n) is 1.99. The molecule has 0 saturated heterocycles. The Morgan fingerprint density at radius 3 is 1.92 bits per heavy atom. The average molecular weight is 160 g/mol. The van der Waals surface area contributed by atoms with Gasteiger partial charge in [0.05, 0.1) is 0 Å². The van der Waals surface area contributed by atoms with Gasteiger partial charge in [-0.05, 0) is 30.9 Å². The molecular weight excluding hydrogens is 148 g/mol. The quantitative estimate of drug-likeness (QED) is 0.545. The topological polar surface area (TPSA) is 47.7 Å². The summed E-state index contributed by atoms with van der Waals surface area (Å²) in [6, 6.07) is 0. The summed E-state index contributed by atoms with van der Waals surface area (Å²) < 4.78 is 0. The van der Waals surface area contributed by atoms with Gasteiger partial charge in [0.2, 0.25) is 0 Å². The second-order valence-electron chi connectivity index (χ2n) is 3.42. The Bertz CT molecular complexity index is 258. The molecule has 0 aliphatic heterocycles. The van der Waals surface area contributed by atoms with E-state index in [0.29, 0.717) is 17.3 Å². The Morgan fingerprint density at radius 1 is 1.00 bits per heavy atom. The molecule has 2 aliphatic carbocycles. The molecule has 2 aliphatic rings. The van der Waals surface area contributed by atoms with Crippen LogP contribution < -0.4 is 0 Å². The molecule has 0 fully saturated rings. The third-order valence-corrected chi connectivity index (χ3v) is 2.61. The maximum absolute atomic E-state index is 7.68. The molecule has 62 valence electrons. The summed E-state index contributed by atoms with van der Waals surface area (Å²) in [4.78, 5) is 0. The van der Waals surface area contributed by atoms with Crippen LogP contribution in [0.1, 0.15) is 12.8 Å². The van der Waals surface area contributed by atoms with Gasteiger partial charge >= 0.3 is 0 Å². The zero-order chi connectivity index (χ0) is 8.55. The van der Waals surface area contributed by atoms with E-state index in [1.165, 1.54) is 0 Å². The van der Waals surface area contributed by atoms with E-state index >= 15 is 0 Å². The van der Waals surface area contributed by atoms with Crippen LogP contribution in [-0.2, 0) is 0 Å². The van der Waals surface area contributed by atoms with Crippen LogP contribution in [0, 0.1) is 22.7 Å². The average Bonchev–Trinajstić information content (AvgIpc) is 2.04. The predicted molar refractivity (Wildman–Crippen MR) is 49.9 cm³/mol. The van der Waals surface area contributed by atoms with E-state index in [0.717, 1.165) is 12.8 Å². The molecule has 2 heteroatoms. The zero-order valence-corrected chi connectivity index (χ0v) is 6.88. The molecule has 0 atom stereocenters. The van der Waals surface area contributed by atoms with E-state index in [1.807, 2.05) is 12.2 Å². The van der Waals surface area contributed by atoms with E-state index < -0.39 is 0 Å². The van der Waals surface area contributed by atoms with Crippen LogP contribution in [0.15, 0.2) is 24.3 Å². The van der Waals surface area contributed by atoms with Gasteiger partial charge in [0, 0.05) is 17.3 Å². The summed E-state index contributed by atoms with van der Waals surface area (Å²) in [6.45, 7) is 0. The second kappa shape index (κ2) is 2.70. The van der Waals surface area contributed by atoms with E-state index in [1.54, 1.807) is 0 Å². The van der Waals surface area contributed by atoms with Crippen molar-refractivity contribution in [3.05, 3.63) is 24.3 Å². The Kier molecular flexibility index (Phi) is 1.68. The Balaban J connectivity index is 2.33. The van der Waals surface area contributed by atoms with Gasteiger partial charge in [-0.1, -0.05) is 12.2 Å². The van der Waals surface area contributed by atoms with Crippen LogP contribution in [-0.4, -0.2) is 11.4 Å². The molecule has 0 radical (unpaired) electrons. The fourth-order valence-corrected chi connectivity index (χ4v) is 1.99. The molecule has 0 aromatic carbocycles. The summed E-state index contributed by atoms with van der Waals surface area (Å²) in [5.74, 6) is 0.569. The first kappa shape index (κ1) is 7.47. The van der Waals surface area contributed by atoms with Gasteiger partial charge < -0.3 is 10.8 Å². The molecule has 2 nitrogen and oxygen atoms in total. The highest BCUT2D eigenvalue weighted by Crippen LogP contribution is 2.30. The van der Waals surface area contributed by atoms with Crippen molar-refractivity contribution < 1.29 is 0 Å². The van der Waals surface area contributed by atoms with Gasteiger partial charge in [0.25, 0.3) is 0 Å². The summed E-state index contributed by atoms with van der Waals surface area (Å²) in [6.07, 6.45) is 9.84. The first-order chi connectivity index (χ1) is 5.79. The summed E-state index contributed by atoms with van der Waals surface area (Å²) in [5.41, 5.74) is 1.22. The lowest BCUT2D eigenvalue weighted by Gasteiger charge is -2.30. The number of hydrogen-bond donors (Lipinski definition) is 2. The monoisotopic (exact) mass is 160 g/mol. The molecule has 0 bridgehead atoms. The first-order valence-electron chi connectivity index (χ1n) is 4.29. The lowest BCUT2D eigenvalue weighted by Crippen LogP contribution is -2.32. The standard InChI is InChI=1S/C10H12N2/c11-8-5-1-3-7-4-2-6-9(12)10(7)8/h1-2,5-7,10-12H,3-4H2. The van der Waals surface area contributed by atoms with Gasteiger partial charge in [-0.2, -0.15) is 0 Å². The maximum atomic E-state index is 7.68. The van der Waals surface area contributed by atoms with Crippen LogP contribution in [0.2, 0.25) is 0 Å². The molecule has 0 heterocycles. The number of allylic oxidation sites excluding steroid dienone is 4. The smallest absolute Gasteiger partial charge is 0.0455 e. The summed E-state index contributed by atoms with van der Waals surface area (Å²) in [7, 11) is 0. The van der Waals surface area contributed by atoms with E-state index in [9.17, 15) is 0 Å². The van der Waals surface area contributed by atoms with Gasteiger partial charge in [0.1, 0.15) is 0 Å². The van der Waals surface area contributed by atoms with Crippen LogP contribution in [0.3, 0.4) is 0 Å². The largest absolute Gasteiger partial charge is 0.305 e. The van der Waals surface area contributed by atoms with Gasteiger partial charge in [0.15, 0.2) is 0 Å². The summed E-state index contributed by atoms with van der Waals surface area (Å²) >= 11 is 0. The van der Waals surface area contributed by atoms with Crippen molar-refractivity contribution in [2.75, 3.05) is 0 Å². The number of hydrogen-bond acceptors (Lipinski definition) is 2. The van der Waals surface area contributed by atoms with Crippen molar-refractivity contribution in [2.24, 2.45) is 11.8 Å². The van der Waals surface area contributed by atoms with Crippen LogP contribution >= 0.6 is 0 Å². The number of rotatable bonds is 0. The predicted octanol–water partition coefficient (Wildman–Crippen LogP) is 2.18. The van der Waals surface area contributed by atoms with Crippen molar-refractivity contribution in [3.8, 4) is 0 Å². The minimum absolute atomic E-state index is 0.0833. The van der Waals surface area contributed by atoms with Gasteiger partial charge in [-0.15, -0.1) is 0 Å². The normalized spacial score (nSPS) is 33.7. The molecule has 12 heavy (non-hydrogen) atoms. The lowest BCUT2D eigenvalue weighted by molar-refractivity contribution is 0.489. The van der Waals surface area contributed by atoms with Gasteiger partial charge in [-0.3, -0.25) is 0 Å². The van der Waals surface area contributed by atoms with Crippen LogP contribution in [0.5, 0.6) is 0 Å². The van der Waals surface area contributed by atoms with E-state index in [4.69, 9.17) is 10.8 Å². The molecule has 0 aromatic heterocycles. The van der Waals surface area contributed by atoms with Crippen LogP contribution in [0.4, 0.5) is 0 Å². The van der Waals surface area contributed by atoms with Crippen molar-refractivity contribution >= 4 is 11.4 Å². The third-order valence-electron chi connectivity index (χ3n) is 2.61. The molecule has 0 unspecified atom stereocenters. The SMILES string of the molecule is N=C1C=CCC2CC=CC(=N)C12. The minimum atomic E-state index is 0.0833. The minimum Gasteiger partial charge on any atom is -0.305 e. The number of nitrogens with one attached hydrogen (secondary N) is 2. The third kappa shape index (κ3) is 1.04. The molecule has 0 amide bonds. The molecule has 2 rings (SSSR count).